The first-order chi connectivity index (χ1) is 9.24. The third kappa shape index (κ3) is 3.73. The Kier molecular flexibility index (Phi) is 5.27. The van der Waals surface area contributed by atoms with Crippen molar-refractivity contribution in [3.8, 4) is 0 Å². The summed E-state index contributed by atoms with van der Waals surface area (Å²) in [6, 6.07) is 0.386. The van der Waals surface area contributed by atoms with Gasteiger partial charge in [-0.1, -0.05) is 13.8 Å². The molecule has 0 aromatic carbocycles. The van der Waals surface area contributed by atoms with E-state index in [1.807, 2.05) is 0 Å². The molecule has 1 saturated heterocycles. The molecule has 0 bridgehead atoms. The molecule has 19 heavy (non-hydrogen) atoms. The van der Waals surface area contributed by atoms with Crippen molar-refractivity contribution in [2.45, 2.75) is 51.7 Å². The Morgan fingerprint density at radius 1 is 1.47 bits per heavy atom. The van der Waals surface area contributed by atoms with Crippen molar-refractivity contribution in [3.63, 3.8) is 0 Å². The lowest BCUT2D eigenvalue weighted by molar-refractivity contribution is 0.0772. The fourth-order valence-corrected chi connectivity index (χ4v) is 2.85. The average Bonchev–Trinajstić information content (AvgIpc) is 3.03. The van der Waals surface area contributed by atoms with Crippen LogP contribution in [0.3, 0.4) is 0 Å². The van der Waals surface area contributed by atoms with Gasteiger partial charge in [0.15, 0.2) is 5.82 Å². The lowest BCUT2D eigenvalue weighted by Gasteiger charge is -2.27. The monoisotopic (exact) mass is 267 g/mol. The number of ether oxygens (including phenoxy) is 1. The summed E-state index contributed by atoms with van der Waals surface area (Å²) in [6.45, 7) is 6.28. The molecule has 1 aromatic heterocycles. The van der Waals surface area contributed by atoms with Gasteiger partial charge in [-0.05, 0) is 31.0 Å². The largest absolute Gasteiger partial charge is 0.378 e. The van der Waals surface area contributed by atoms with Gasteiger partial charge in [0.05, 0.1) is 13.2 Å². The standard InChI is InChI=1S/C13H25N5O/c1-4-7-14-11(9-13-15-17-18(3)16-13)10-6-8-19-12(10)5-2/h10-12,14H,4-9H2,1-3H3. The van der Waals surface area contributed by atoms with Gasteiger partial charge in [-0.3, -0.25) is 0 Å². The van der Waals surface area contributed by atoms with Gasteiger partial charge in [-0.2, -0.15) is 4.80 Å². The number of aromatic nitrogens is 4. The van der Waals surface area contributed by atoms with Gasteiger partial charge in [-0.25, -0.2) is 0 Å². The van der Waals surface area contributed by atoms with Crippen LogP contribution in [0.1, 0.15) is 38.9 Å². The molecule has 0 spiro atoms. The van der Waals surface area contributed by atoms with Gasteiger partial charge in [0.2, 0.25) is 0 Å². The van der Waals surface area contributed by atoms with E-state index in [1.165, 1.54) is 4.80 Å². The Bertz CT molecular complexity index is 381. The first-order valence-corrected chi connectivity index (χ1v) is 7.32. The summed E-state index contributed by atoms with van der Waals surface area (Å²) in [5.74, 6) is 1.37. The molecule has 2 rings (SSSR count). The highest BCUT2D eigenvalue weighted by atomic mass is 16.5. The van der Waals surface area contributed by atoms with Crippen molar-refractivity contribution in [2.75, 3.05) is 13.2 Å². The molecule has 1 aromatic rings. The molecule has 6 nitrogen and oxygen atoms in total. The molecule has 1 N–H and O–H groups in total. The summed E-state index contributed by atoms with van der Waals surface area (Å²) < 4.78 is 5.82. The first kappa shape index (κ1) is 14.4. The van der Waals surface area contributed by atoms with Crippen LogP contribution in [0.25, 0.3) is 0 Å². The highest BCUT2D eigenvalue weighted by molar-refractivity contribution is 4.92. The third-order valence-corrected chi connectivity index (χ3v) is 3.79. The maximum absolute atomic E-state index is 5.82. The molecule has 3 atom stereocenters. The molecule has 1 fully saturated rings. The van der Waals surface area contributed by atoms with E-state index >= 15 is 0 Å². The van der Waals surface area contributed by atoms with Gasteiger partial charge >= 0.3 is 0 Å². The fourth-order valence-electron chi connectivity index (χ4n) is 2.85. The maximum atomic E-state index is 5.82. The van der Waals surface area contributed by atoms with E-state index in [4.69, 9.17) is 4.74 Å². The molecular weight excluding hydrogens is 242 g/mol. The number of nitrogens with one attached hydrogen (secondary N) is 1. The number of aryl methyl sites for hydroxylation is 1. The van der Waals surface area contributed by atoms with Crippen LogP contribution in [0, 0.1) is 5.92 Å². The minimum Gasteiger partial charge on any atom is -0.378 e. The quantitative estimate of drug-likeness (QED) is 0.796. The number of tetrazole rings is 1. The molecule has 2 heterocycles. The summed E-state index contributed by atoms with van der Waals surface area (Å²) >= 11 is 0. The second kappa shape index (κ2) is 6.96. The number of nitrogens with zero attached hydrogens (tertiary/aromatic N) is 4. The Balaban J connectivity index is 2.02. The van der Waals surface area contributed by atoms with E-state index in [9.17, 15) is 0 Å². The zero-order valence-corrected chi connectivity index (χ0v) is 12.2. The molecule has 1 aliphatic rings. The molecule has 3 unspecified atom stereocenters. The fraction of sp³-hybridized carbons (Fsp3) is 0.923. The van der Waals surface area contributed by atoms with Crippen molar-refractivity contribution >= 4 is 0 Å². The first-order valence-electron chi connectivity index (χ1n) is 7.32. The Labute approximate surface area is 114 Å². The molecule has 0 saturated carbocycles. The van der Waals surface area contributed by atoms with Gasteiger partial charge in [0.1, 0.15) is 0 Å². The van der Waals surface area contributed by atoms with Crippen LogP contribution in [-0.2, 0) is 18.2 Å². The predicted molar refractivity (Wildman–Crippen MR) is 72.7 cm³/mol. The van der Waals surface area contributed by atoms with E-state index in [-0.39, 0.29) is 0 Å². The second-order valence-corrected chi connectivity index (χ2v) is 5.23. The van der Waals surface area contributed by atoms with E-state index < -0.39 is 0 Å². The topological polar surface area (TPSA) is 64.9 Å². The van der Waals surface area contributed by atoms with Crippen LogP contribution in [0.15, 0.2) is 0 Å². The van der Waals surface area contributed by atoms with Crippen LogP contribution in [0.2, 0.25) is 0 Å². The summed E-state index contributed by atoms with van der Waals surface area (Å²) in [6.07, 6.45) is 4.53. The van der Waals surface area contributed by atoms with Crippen LogP contribution in [0.4, 0.5) is 0 Å². The molecule has 0 amide bonds. The van der Waals surface area contributed by atoms with Crippen LogP contribution in [-0.4, -0.2) is 45.5 Å². The Morgan fingerprint density at radius 2 is 2.32 bits per heavy atom. The Morgan fingerprint density at radius 3 is 2.95 bits per heavy atom. The molecule has 108 valence electrons. The van der Waals surface area contributed by atoms with E-state index in [0.717, 1.165) is 44.7 Å². The zero-order valence-electron chi connectivity index (χ0n) is 12.2. The van der Waals surface area contributed by atoms with Crippen molar-refractivity contribution in [3.05, 3.63) is 5.82 Å². The highest BCUT2D eigenvalue weighted by Gasteiger charge is 2.34. The van der Waals surface area contributed by atoms with Gasteiger partial charge in [0, 0.05) is 25.0 Å². The number of hydrogen-bond donors (Lipinski definition) is 1. The summed E-state index contributed by atoms with van der Waals surface area (Å²) in [7, 11) is 1.80. The molecule has 1 aliphatic heterocycles. The second-order valence-electron chi connectivity index (χ2n) is 5.23. The number of hydrogen-bond acceptors (Lipinski definition) is 5. The molecule has 0 aliphatic carbocycles. The van der Waals surface area contributed by atoms with E-state index in [2.05, 4.69) is 34.6 Å². The minimum atomic E-state index is 0.367. The third-order valence-electron chi connectivity index (χ3n) is 3.79. The summed E-state index contributed by atoms with van der Waals surface area (Å²) in [5.41, 5.74) is 0. The molecular formula is C13H25N5O. The van der Waals surface area contributed by atoms with Gasteiger partial charge in [-0.15, -0.1) is 10.2 Å². The lowest BCUT2D eigenvalue weighted by Crippen LogP contribution is -2.42. The predicted octanol–water partition coefficient (Wildman–Crippen LogP) is 0.936. The summed E-state index contributed by atoms with van der Waals surface area (Å²) in [5, 5.41) is 16.0. The van der Waals surface area contributed by atoms with Crippen LogP contribution < -0.4 is 5.32 Å². The van der Waals surface area contributed by atoms with E-state index in [1.54, 1.807) is 7.05 Å². The maximum Gasteiger partial charge on any atom is 0.176 e. The summed E-state index contributed by atoms with van der Waals surface area (Å²) in [4.78, 5) is 1.52. The van der Waals surface area contributed by atoms with Crippen molar-refractivity contribution in [2.24, 2.45) is 13.0 Å². The SMILES string of the molecule is CCCNC(Cc1nnn(C)n1)C1CCOC1CC. The van der Waals surface area contributed by atoms with Crippen LogP contribution in [0.5, 0.6) is 0 Å². The van der Waals surface area contributed by atoms with E-state index in [0.29, 0.717) is 18.1 Å². The lowest BCUT2D eigenvalue weighted by atomic mass is 9.89. The van der Waals surface area contributed by atoms with Crippen LogP contribution >= 0.6 is 0 Å². The average molecular weight is 267 g/mol. The molecule has 0 radical (unpaired) electrons. The smallest absolute Gasteiger partial charge is 0.176 e. The van der Waals surface area contributed by atoms with Crippen molar-refractivity contribution < 1.29 is 4.74 Å². The highest BCUT2D eigenvalue weighted by Crippen LogP contribution is 2.27. The van der Waals surface area contributed by atoms with Gasteiger partial charge < -0.3 is 10.1 Å². The van der Waals surface area contributed by atoms with Crippen molar-refractivity contribution in [1.29, 1.82) is 0 Å². The minimum absolute atomic E-state index is 0.367. The molecule has 6 heteroatoms. The number of rotatable bonds is 7. The normalized spacial score (nSPS) is 24.8. The van der Waals surface area contributed by atoms with Gasteiger partial charge in [0.25, 0.3) is 0 Å². The zero-order chi connectivity index (χ0) is 13.7. The Hall–Kier alpha value is -1.01. The van der Waals surface area contributed by atoms with Crippen molar-refractivity contribution in [1.82, 2.24) is 25.5 Å².